The molecule has 2 amide bonds. The summed E-state index contributed by atoms with van der Waals surface area (Å²) in [5.41, 5.74) is 7.84. The zero-order valence-corrected chi connectivity index (χ0v) is 15.5. The predicted octanol–water partition coefficient (Wildman–Crippen LogP) is 2.75. The molecule has 3 rings (SSSR count). The van der Waals surface area contributed by atoms with Crippen LogP contribution in [0.5, 0.6) is 0 Å². The van der Waals surface area contributed by atoms with Crippen molar-refractivity contribution in [1.29, 1.82) is 0 Å². The van der Waals surface area contributed by atoms with Crippen molar-refractivity contribution < 1.29 is 9.59 Å². The Morgan fingerprint density at radius 2 is 1.74 bits per heavy atom. The summed E-state index contributed by atoms with van der Waals surface area (Å²) >= 11 is 0. The lowest BCUT2D eigenvalue weighted by Gasteiger charge is -2.33. The molecule has 5 heteroatoms. The van der Waals surface area contributed by atoms with Crippen LogP contribution < -0.4 is 11.1 Å². The highest BCUT2D eigenvalue weighted by atomic mass is 16.2. The molecule has 2 unspecified atom stereocenters. The summed E-state index contributed by atoms with van der Waals surface area (Å²) in [6, 6.07) is 18.6. The lowest BCUT2D eigenvalue weighted by molar-refractivity contribution is -0.133. The number of hydrogen-bond donors (Lipinski definition) is 2. The number of nitrogens with zero attached hydrogens (tertiary/aromatic N) is 1. The summed E-state index contributed by atoms with van der Waals surface area (Å²) in [5.74, 6) is 0.305. The van der Waals surface area contributed by atoms with Crippen molar-refractivity contribution in [3.8, 4) is 0 Å². The molecule has 1 saturated heterocycles. The topological polar surface area (TPSA) is 75.4 Å². The van der Waals surface area contributed by atoms with Crippen LogP contribution in [0.1, 0.15) is 41.2 Å². The van der Waals surface area contributed by atoms with Crippen LogP contribution in [0, 0.1) is 5.92 Å². The molecular weight excluding hydrogens is 338 g/mol. The van der Waals surface area contributed by atoms with E-state index >= 15 is 0 Å². The Kier molecular flexibility index (Phi) is 6.60. The summed E-state index contributed by atoms with van der Waals surface area (Å²) < 4.78 is 0. The zero-order valence-electron chi connectivity index (χ0n) is 15.5. The van der Waals surface area contributed by atoms with Crippen molar-refractivity contribution >= 4 is 11.8 Å². The van der Waals surface area contributed by atoms with Gasteiger partial charge in [-0.2, -0.15) is 0 Å². The smallest absolute Gasteiger partial charge is 0.251 e. The second-order valence-corrected chi connectivity index (χ2v) is 7.15. The number of amides is 2. The molecule has 3 N–H and O–H groups in total. The summed E-state index contributed by atoms with van der Waals surface area (Å²) in [7, 11) is 0. The molecule has 0 radical (unpaired) electrons. The van der Waals surface area contributed by atoms with Gasteiger partial charge in [0.2, 0.25) is 5.91 Å². The quantitative estimate of drug-likeness (QED) is 0.826. The predicted molar refractivity (Wildman–Crippen MR) is 106 cm³/mol. The number of nitrogens with one attached hydrogen (secondary N) is 1. The van der Waals surface area contributed by atoms with Crippen LogP contribution in [0.25, 0.3) is 0 Å². The number of carbonyl (C=O) groups is 2. The molecule has 1 fully saturated rings. The van der Waals surface area contributed by atoms with Gasteiger partial charge >= 0.3 is 0 Å². The van der Waals surface area contributed by atoms with Gasteiger partial charge in [0, 0.05) is 37.7 Å². The summed E-state index contributed by atoms with van der Waals surface area (Å²) in [4.78, 5) is 26.7. The van der Waals surface area contributed by atoms with Crippen LogP contribution in [0.2, 0.25) is 0 Å². The number of nitrogens with two attached hydrogens (primary N) is 1. The Labute approximate surface area is 160 Å². The average molecular weight is 365 g/mol. The fourth-order valence-electron chi connectivity index (χ4n) is 3.52. The Morgan fingerprint density at radius 1 is 1.07 bits per heavy atom. The maximum atomic E-state index is 12.6. The molecule has 5 nitrogen and oxygen atoms in total. The maximum absolute atomic E-state index is 12.6. The number of carbonyl (C=O) groups excluding carboxylic acids is 2. The molecule has 1 heterocycles. The van der Waals surface area contributed by atoms with Crippen molar-refractivity contribution in [2.45, 2.75) is 25.3 Å². The van der Waals surface area contributed by atoms with Crippen LogP contribution >= 0.6 is 0 Å². The highest BCUT2D eigenvalue weighted by Crippen LogP contribution is 2.20. The highest BCUT2D eigenvalue weighted by Gasteiger charge is 2.25. The third-order valence-corrected chi connectivity index (χ3v) is 5.08. The number of benzene rings is 2. The molecule has 0 bridgehead atoms. The van der Waals surface area contributed by atoms with E-state index in [1.807, 2.05) is 53.4 Å². The van der Waals surface area contributed by atoms with Crippen molar-refractivity contribution in [2.24, 2.45) is 11.7 Å². The van der Waals surface area contributed by atoms with Gasteiger partial charge in [-0.25, -0.2) is 0 Å². The van der Waals surface area contributed by atoms with Crippen LogP contribution in [0.4, 0.5) is 0 Å². The van der Waals surface area contributed by atoms with Crippen molar-refractivity contribution in [3.05, 3.63) is 71.8 Å². The minimum Gasteiger partial charge on any atom is -0.352 e. The molecule has 0 saturated carbocycles. The van der Waals surface area contributed by atoms with Crippen molar-refractivity contribution in [1.82, 2.24) is 10.2 Å². The molecule has 1 aliphatic rings. The standard InChI is InChI=1S/C22H27N3O2/c23-20(18-9-3-1-4-10-18)14-21(26)25-13-7-8-17(16-25)15-24-22(27)19-11-5-2-6-12-19/h1-6,9-12,17,20H,7-8,13-16,23H2,(H,24,27). The van der Waals surface area contributed by atoms with E-state index in [2.05, 4.69) is 5.32 Å². The summed E-state index contributed by atoms with van der Waals surface area (Å²) in [6.45, 7) is 2.03. The second kappa shape index (κ2) is 9.33. The number of hydrogen-bond acceptors (Lipinski definition) is 3. The Morgan fingerprint density at radius 3 is 2.44 bits per heavy atom. The second-order valence-electron chi connectivity index (χ2n) is 7.15. The summed E-state index contributed by atoms with van der Waals surface area (Å²) in [5, 5.41) is 2.99. The third kappa shape index (κ3) is 5.41. The van der Waals surface area contributed by atoms with Gasteiger partial charge in [0.1, 0.15) is 0 Å². The van der Waals surface area contributed by atoms with E-state index in [9.17, 15) is 9.59 Å². The number of likely N-dealkylation sites (tertiary alicyclic amines) is 1. The maximum Gasteiger partial charge on any atom is 0.251 e. The van der Waals surface area contributed by atoms with Crippen LogP contribution in [-0.2, 0) is 4.79 Å². The Balaban J connectivity index is 1.48. The van der Waals surface area contributed by atoms with E-state index in [1.54, 1.807) is 12.1 Å². The monoisotopic (exact) mass is 365 g/mol. The summed E-state index contributed by atoms with van der Waals surface area (Å²) in [6.07, 6.45) is 2.29. The van der Waals surface area contributed by atoms with Gasteiger partial charge in [-0.1, -0.05) is 48.5 Å². The fraction of sp³-hybridized carbons (Fsp3) is 0.364. The van der Waals surface area contributed by atoms with Crippen molar-refractivity contribution in [2.75, 3.05) is 19.6 Å². The zero-order chi connectivity index (χ0) is 19.1. The van der Waals surface area contributed by atoms with E-state index in [0.29, 0.717) is 25.1 Å². The van der Waals surface area contributed by atoms with Gasteiger partial charge in [-0.05, 0) is 36.5 Å². The van der Waals surface area contributed by atoms with Gasteiger partial charge in [-0.3, -0.25) is 9.59 Å². The lowest BCUT2D eigenvalue weighted by atomic mass is 9.96. The largest absolute Gasteiger partial charge is 0.352 e. The van der Waals surface area contributed by atoms with E-state index in [4.69, 9.17) is 5.73 Å². The normalized spacial score (nSPS) is 18.0. The molecule has 0 spiro atoms. The van der Waals surface area contributed by atoms with E-state index < -0.39 is 0 Å². The Bertz CT molecular complexity index is 749. The first-order chi connectivity index (χ1) is 13.1. The molecule has 27 heavy (non-hydrogen) atoms. The lowest BCUT2D eigenvalue weighted by Crippen LogP contribution is -2.44. The van der Waals surface area contributed by atoms with Gasteiger partial charge in [0.25, 0.3) is 5.91 Å². The van der Waals surface area contributed by atoms with Gasteiger partial charge in [0.05, 0.1) is 0 Å². The molecule has 1 aliphatic heterocycles. The molecule has 0 aromatic heterocycles. The van der Waals surface area contributed by atoms with E-state index in [0.717, 1.165) is 24.9 Å². The molecule has 2 aromatic carbocycles. The molecular formula is C22H27N3O2. The molecule has 2 aromatic rings. The fourth-order valence-corrected chi connectivity index (χ4v) is 3.52. The van der Waals surface area contributed by atoms with Crippen LogP contribution in [0.3, 0.4) is 0 Å². The molecule has 142 valence electrons. The van der Waals surface area contributed by atoms with Gasteiger partial charge < -0.3 is 16.0 Å². The van der Waals surface area contributed by atoms with E-state index in [-0.39, 0.29) is 23.8 Å². The highest BCUT2D eigenvalue weighted by molar-refractivity contribution is 5.94. The minimum absolute atomic E-state index is 0.0647. The third-order valence-electron chi connectivity index (χ3n) is 5.08. The van der Waals surface area contributed by atoms with Crippen LogP contribution in [-0.4, -0.2) is 36.3 Å². The van der Waals surface area contributed by atoms with Gasteiger partial charge in [0.15, 0.2) is 0 Å². The van der Waals surface area contributed by atoms with Crippen LogP contribution in [0.15, 0.2) is 60.7 Å². The molecule has 2 atom stereocenters. The van der Waals surface area contributed by atoms with Gasteiger partial charge in [-0.15, -0.1) is 0 Å². The Hall–Kier alpha value is -2.66. The first-order valence-corrected chi connectivity index (χ1v) is 9.55. The first kappa shape index (κ1) is 19.1. The molecule has 0 aliphatic carbocycles. The number of rotatable bonds is 6. The first-order valence-electron chi connectivity index (χ1n) is 9.55. The van der Waals surface area contributed by atoms with Crippen molar-refractivity contribution in [3.63, 3.8) is 0 Å². The average Bonchev–Trinajstić information content (AvgIpc) is 2.73. The number of piperidine rings is 1. The van der Waals surface area contributed by atoms with E-state index in [1.165, 1.54) is 0 Å². The SMILES string of the molecule is NC(CC(=O)N1CCCC(CNC(=O)c2ccccc2)C1)c1ccccc1. The minimum atomic E-state index is -0.281.